The van der Waals surface area contributed by atoms with Gasteiger partial charge >= 0.3 is 0 Å². The second-order valence-corrected chi connectivity index (χ2v) is 32.3. The maximum Gasteiger partial charge on any atom is 0.252 e. The minimum atomic E-state index is -0.165. The fourth-order valence-electron chi connectivity index (χ4n) is 17.2. The van der Waals surface area contributed by atoms with Crippen LogP contribution < -0.4 is 31.1 Å². The van der Waals surface area contributed by atoms with Crippen molar-refractivity contribution in [3.63, 3.8) is 0 Å². The van der Waals surface area contributed by atoms with Crippen molar-refractivity contribution in [2.24, 2.45) is 0 Å². The standard InChI is InChI=1S/C76H78BN3S2/c1-70(2,3)45-27-30-58-55(37-45)75(12)31-18-19-32-76(75,13)80(58)47-39-62-69-63(40-47)79(59-23-20-26-66-68(59)49-22-15-17-25-65(49)81-66)61-44-67-50(48-21-14-16-24-64(48)82-67)41-56(61)77(69)57-42-53-54(74(10,11)36-35-73(53,8)9)43-60(57)78(62)46-28-29-51-52(38-46)72(6,7)34-33-71(51,4)5/h14-17,20-30,37-44H,18-19,31-36H2,1-13H3. The van der Waals surface area contributed by atoms with Gasteiger partial charge in [-0.2, -0.15) is 0 Å². The number of hydrogen-bond donors (Lipinski definition) is 0. The Hall–Kier alpha value is -6.34. The van der Waals surface area contributed by atoms with E-state index in [1.165, 1.54) is 168 Å². The summed E-state index contributed by atoms with van der Waals surface area (Å²) < 4.78 is 5.34. The van der Waals surface area contributed by atoms with Crippen LogP contribution in [0.25, 0.3) is 40.3 Å². The van der Waals surface area contributed by atoms with Gasteiger partial charge in [-0.3, -0.25) is 0 Å². The van der Waals surface area contributed by atoms with E-state index >= 15 is 0 Å². The number of rotatable bonds is 3. The summed E-state index contributed by atoms with van der Waals surface area (Å²) in [5, 5.41) is 5.37. The van der Waals surface area contributed by atoms with Gasteiger partial charge in [-0.25, -0.2) is 0 Å². The molecule has 3 nitrogen and oxygen atoms in total. The molecule has 0 spiro atoms. The lowest BCUT2D eigenvalue weighted by Crippen LogP contribution is -2.62. The number of anilines is 8. The van der Waals surface area contributed by atoms with Crippen LogP contribution in [0.4, 0.5) is 45.5 Å². The summed E-state index contributed by atoms with van der Waals surface area (Å²) in [6, 6.07) is 56.9. The molecule has 10 aromatic rings. The molecule has 0 N–H and O–H groups in total. The van der Waals surface area contributed by atoms with Crippen LogP contribution >= 0.6 is 22.7 Å². The molecule has 2 unspecified atom stereocenters. The lowest BCUT2D eigenvalue weighted by Gasteiger charge is -2.51. The summed E-state index contributed by atoms with van der Waals surface area (Å²) in [6.07, 6.45) is 9.46. The monoisotopic (exact) mass is 1110 g/mol. The topological polar surface area (TPSA) is 9.72 Å². The van der Waals surface area contributed by atoms with Crippen LogP contribution in [-0.4, -0.2) is 12.3 Å². The second kappa shape index (κ2) is 16.7. The van der Waals surface area contributed by atoms with Crippen molar-refractivity contribution in [3.8, 4) is 0 Å². The largest absolute Gasteiger partial charge is 0.334 e. The van der Waals surface area contributed by atoms with Crippen LogP contribution in [0.3, 0.4) is 0 Å². The molecule has 82 heavy (non-hydrogen) atoms. The molecule has 0 bridgehead atoms. The lowest BCUT2D eigenvalue weighted by atomic mass is 9.33. The Labute approximate surface area is 495 Å². The minimum Gasteiger partial charge on any atom is -0.334 e. The number of hydrogen-bond acceptors (Lipinski definition) is 5. The molecule has 6 aliphatic rings. The summed E-state index contributed by atoms with van der Waals surface area (Å²) in [6.45, 7) is 32.4. The van der Waals surface area contributed by atoms with Crippen LogP contribution in [0.15, 0.2) is 140 Å². The summed E-state index contributed by atoms with van der Waals surface area (Å²) in [5.41, 5.74) is 23.6. The predicted octanol–water partition coefficient (Wildman–Crippen LogP) is 20.2. The van der Waals surface area contributed by atoms with E-state index in [0.717, 1.165) is 19.3 Å². The zero-order valence-electron chi connectivity index (χ0n) is 50.7. The van der Waals surface area contributed by atoms with Crippen LogP contribution in [0.5, 0.6) is 0 Å². The molecule has 1 saturated carbocycles. The van der Waals surface area contributed by atoms with Crippen LogP contribution in [0, 0.1) is 0 Å². The Balaban J connectivity index is 1.09. The van der Waals surface area contributed by atoms with Crippen molar-refractivity contribution >= 4 is 132 Å². The third-order valence-corrected chi connectivity index (χ3v) is 24.7. The number of benzene rings is 8. The van der Waals surface area contributed by atoms with E-state index in [1.54, 1.807) is 0 Å². The maximum absolute atomic E-state index is 2.88. The first-order valence-electron chi connectivity index (χ1n) is 30.9. The Morgan fingerprint density at radius 3 is 1.71 bits per heavy atom. The molecule has 412 valence electrons. The van der Waals surface area contributed by atoms with E-state index < -0.39 is 0 Å². The highest BCUT2D eigenvalue weighted by Gasteiger charge is 2.59. The molecule has 0 saturated heterocycles. The Morgan fingerprint density at radius 1 is 0.402 bits per heavy atom. The smallest absolute Gasteiger partial charge is 0.252 e. The first-order chi connectivity index (χ1) is 39.0. The van der Waals surface area contributed by atoms with Crippen LogP contribution in [0.2, 0.25) is 0 Å². The molecule has 6 heteroatoms. The Kier molecular flexibility index (Phi) is 10.5. The van der Waals surface area contributed by atoms with E-state index in [1.807, 2.05) is 22.7 Å². The lowest BCUT2D eigenvalue weighted by molar-refractivity contribution is 0.195. The SMILES string of the molecule is CC(C)(C)c1ccc2c(c1)C1(C)CCCCC1(C)N2c1cc2c3c(c1)N(c1cccc4sc5ccccc5c14)c1cc4sc5ccccc5c4cc1B3c1cc3c(cc1N2c1ccc2c(c1)C(C)(C)CCC2(C)C)C(C)(C)CCC3(C)C. The highest BCUT2D eigenvalue weighted by molar-refractivity contribution is 7.26. The van der Waals surface area contributed by atoms with Crippen LogP contribution in [-0.2, 0) is 32.5 Å². The van der Waals surface area contributed by atoms with Crippen LogP contribution in [0.1, 0.15) is 175 Å². The fourth-order valence-corrected chi connectivity index (χ4v) is 19.4. The molecule has 0 amide bonds. The van der Waals surface area contributed by atoms with Gasteiger partial charge in [0.05, 0.1) is 11.2 Å². The number of nitrogens with zero attached hydrogens (tertiary/aromatic N) is 3. The Morgan fingerprint density at radius 2 is 0.988 bits per heavy atom. The third-order valence-electron chi connectivity index (χ3n) is 22.5. The maximum atomic E-state index is 2.88. The fraction of sp³-hybridized carbons (Fsp3) is 0.368. The van der Waals surface area contributed by atoms with E-state index in [9.17, 15) is 0 Å². The molecule has 5 heterocycles. The van der Waals surface area contributed by atoms with Gasteiger partial charge in [-0.05, 0) is 194 Å². The van der Waals surface area contributed by atoms with Gasteiger partial charge in [0, 0.05) is 80.2 Å². The quantitative estimate of drug-likeness (QED) is 0.163. The number of fused-ring (bicyclic) bond motifs is 15. The van der Waals surface area contributed by atoms with Gasteiger partial charge in [0.2, 0.25) is 0 Å². The summed E-state index contributed by atoms with van der Waals surface area (Å²) in [7, 11) is 0. The third kappa shape index (κ3) is 6.89. The van der Waals surface area contributed by atoms with E-state index in [2.05, 4.69) is 244 Å². The number of thiophene rings is 2. The van der Waals surface area contributed by atoms with Gasteiger partial charge in [0.1, 0.15) is 0 Å². The van der Waals surface area contributed by atoms with Crippen molar-refractivity contribution in [3.05, 3.63) is 173 Å². The normalized spacial score (nSPS) is 22.5. The molecule has 16 rings (SSSR count). The molecule has 0 radical (unpaired) electrons. The highest BCUT2D eigenvalue weighted by Crippen LogP contribution is 2.63. The Bertz CT molecular complexity index is 4430. The van der Waals surface area contributed by atoms with Crippen molar-refractivity contribution in [2.75, 3.05) is 14.7 Å². The van der Waals surface area contributed by atoms with Crippen molar-refractivity contribution in [2.45, 2.75) is 179 Å². The van der Waals surface area contributed by atoms with E-state index in [4.69, 9.17) is 0 Å². The summed E-state index contributed by atoms with van der Waals surface area (Å²) in [4.78, 5) is 8.46. The van der Waals surface area contributed by atoms with Crippen molar-refractivity contribution in [1.29, 1.82) is 0 Å². The molecule has 2 aromatic heterocycles. The molecule has 1 fully saturated rings. The summed E-state index contributed by atoms with van der Waals surface area (Å²) in [5.74, 6) is 0. The molecule has 8 aromatic carbocycles. The summed E-state index contributed by atoms with van der Waals surface area (Å²) >= 11 is 3.88. The second-order valence-electron chi connectivity index (χ2n) is 30.1. The predicted molar refractivity (Wildman–Crippen MR) is 358 cm³/mol. The molecule has 3 aliphatic heterocycles. The molecular weight excluding hydrogens is 1030 g/mol. The zero-order chi connectivity index (χ0) is 56.6. The first kappa shape index (κ1) is 51.3. The first-order valence-corrected chi connectivity index (χ1v) is 32.5. The average molecular weight is 1110 g/mol. The van der Waals surface area contributed by atoms with E-state index in [0.29, 0.717) is 0 Å². The molecule has 2 atom stereocenters. The molecule has 3 aliphatic carbocycles. The zero-order valence-corrected chi connectivity index (χ0v) is 52.3. The minimum absolute atomic E-state index is 0.0108. The van der Waals surface area contributed by atoms with Crippen molar-refractivity contribution < 1.29 is 0 Å². The average Bonchev–Trinajstić information content (AvgIpc) is 1.16. The van der Waals surface area contributed by atoms with Gasteiger partial charge in [-0.1, -0.05) is 169 Å². The van der Waals surface area contributed by atoms with Crippen molar-refractivity contribution in [1.82, 2.24) is 0 Å². The molecular formula is C76H78BN3S2. The van der Waals surface area contributed by atoms with Gasteiger partial charge < -0.3 is 14.7 Å². The van der Waals surface area contributed by atoms with Gasteiger partial charge in [0.25, 0.3) is 6.71 Å². The van der Waals surface area contributed by atoms with Gasteiger partial charge in [0.15, 0.2) is 0 Å². The highest BCUT2D eigenvalue weighted by atomic mass is 32.1. The van der Waals surface area contributed by atoms with Gasteiger partial charge in [-0.15, -0.1) is 22.7 Å². The van der Waals surface area contributed by atoms with E-state index in [-0.39, 0.29) is 44.7 Å².